The first kappa shape index (κ1) is 31.4. The number of fused-ring (bicyclic) bond motifs is 1. The summed E-state index contributed by atoms with van der Waals surface area (Å²) in [5.74, 6) is -4.73. The zero-order valence-electron chi connectivity index (χ0n) is 25.9. The summed E-state index contributed by atoms with van der Waals surface area (Å²) in [6, 6.07) is -0.276. The Bertz CT molecular complexity index is 1380. The van der Waals surface area contributed by atoms with Crippen molar-refractivity contribution in [2.24, 2.45) is 23.2 Å². The van der Waals surface area contributed by atoms with Gasteiger partial charge in [-0.2, -0.15) is 23.3 Å². The average molecular weight is 627 g/mol. The number of nitrogens with one attached hydrogen (secondary N) is 2. The number of amides is 1. The van der Waals surface area contributed by atoms with Gasteiger partial charge in [-0.1, -0.05) is 13.8 Å². The lowest BCUT2D eigenvalue weighted by molar-refractivity contribution is -0.183. The van der Waals surface area contributed by atoms with Crippen molar-refractivity contribution in [3.63, 3.8) is 0 Å². The van der Waals surface area contributed by atoms with Gasteiger partial charge in [0, 0.05) is 56.9 Å². The molecule has 1 amide bonds. The number of rotatable bonds is 6. The van der Waals surface area contributed by atoms with Gasteiger partial charge in [-0.05, 0) is 57.5 Å². The maximum absolute atomic E-state index is 13.9. The monoisotopic (exact) mass is 626 g/mol. The van der Waals surface area contributed by atoms with Crippen LogP contribution in [0.1, 0.15) is 76.2 Å². The second-order valence-corrected chi connectivity index (χ2v) is 14.5. The molecular weight excluding hydrogens is 583 g/mol. The van der Waals surface area contributed by atoms with Crippen LogP contribution in [0, 0.1) is 23.2 Å². The summed E-state index contributed by atoms with van der Waals surface area (Å²) < 4.78 is 70.2. The van der Waals surface area contributed by atoms with Gasteiger partial charge in [0.25, 0.3) is 5.78 Å². The van der Waals surface area contributed by atoms with E-state index in [0.717, 1.165) is 19.4 Å². The lowest BCUT2D eigenvalue weighted by atomic mass is 9.58. The second kappa shape index (κ2) is 11.0. The molecular formula is C30H43F5N8O. The Labute approximate surface area is 254 Å². The van der Waals surface area contributed by atoms with Gasteiger partial charge < -0.3 is 15.5 Å². The Morgan fingerprint density at radius 1 is 1.14 bits per heavy atom. The smallest absolute Gasteiger partial charge is 0.355 e. The number of alkyl halides is 5. The first-order chi connectivity index (χ1) is 20.6. The standard InChI is InChI=1S/C30H43F5N8O/c1-27(2)15-28(16-27)17-42(10-9-41(28)4)24-21(12-19-11-20(30(33,34)35)13-37-25(19)44)40-43-14-22(38-26(43)39-24)23(36-3)18-5-7-29(31,32)8-6-18/h14,18-20,23,36H,5-13,15-17H2,1-4H3,(H,37,44)/t19-,20?,23?/m1/s1. The van der Waals surface area contributed by atoms with Gasteiger partial charge in [-0.25, -0.2) is 18.3 Å². The molecule has 2 unspecified atom stereocenters. The third-order valence-electron chi connectivity index (χ3n) is 10.5. The molecule has 0 radical (unpaired) electrons. The highest BCUT2D eigenvalue weighted by Gasteiger charge is 2.54. The largest absolute Gasteiger partial charge is 0.393 e. The van der Waals surface area contributed by atoms with Crippen LogP contribution in [0.4, 0.5) is 27.8 Å². The minimum absolute atomic E-state index is 0.0161. The van der Waals surface area contributed by atoms with Crippen LogP contribution in [0.5, 0.6) is 0 Å². The molecule has 244 valence electrons. The fourth-order valence-electron chi connectivity index (χ4n) is 8.33. The van der Waals surface area contributed by atoms with E-state index in [1.807, 2.05) is 0 Å². The Kier molecular flexibility index (Phi) is 7.86. The van der Waals surface area contributed by atoms with E-state index >= 15 is 0 Å². The fourth-order valence-corrected chi connectivity index (χ4v) is 8.33. The van der Waals surface area contributed by atoms with Crippen molar-refractivity contribution in [3.8, 4) is 0 Å². The van der Waals surface area contributed by atoms with Crippen LogP contribution in [0.3, 0.4) is 0 Å². The van der Waals surface area contributed by atoms with E-state index < -0.39 is 36.4 Å². The van der Waals surface area contributed by atoms with E-state index in [1.54, 1.807) is 13.2 Å². The van der Waals surface area contributed by atoms with Gasteiger partial charge in [0.05, 0.1) is 23.9 Å². The number of nitrogens with zero attached hydrogens (tertiary/aromatic N) is 6. The SMILES string of the molecule is CNC(c1cn2nc(C[C@H]3CC(C(F)(F)F)CNC3=O)c(N3CCN(C)C4(C3)CC(C)(C)C4)nc2n1)C1CCC(F)(F)CC1. The Hall–Kier alpha value is -2.61. The normalized spacial score (nSPS) is 28.2. The van der Waals surface area contributed by atoms with Crippen molar-refractivity contribution in [1.82, 2.24) is 35.1 Å². The topological polar surface area (TPSA) is 90.7 Å². The molecule has 14 heteroatoms. The molecule has 2 saturated heterocycles. The number of carbonyl (C=O) groups is 1. The number of halogens is 5. The lowest BCUT2D eigenvalue weighted by Crippen LogP contribution is -2.68. The highest BCUT2D eigenvalue weighted by molar-refractivity contribution is 5.80. The molecule has 2 saturated carbocycles. The van der Waals surface area contributed by atoms with Gasteiger partial charge in [0.1, 0.15) is 5.69 Å². The van der Waals surface area contributed by atoms with Gasteiger partial charge >= 0.3 is 6.18 Å². The van der Waals surface area contributed by atoms with Gasteiger partial charge in [0.2, 0.25) is 11.8 Å². The molecule has 2 aromatic rings. The number of piperidine rings is 1. The molecule has 1 spiro atoms. The molecule has 9 nitrogen and oxygen atoms in total. The van der Waals surface area contributed by atoms with Crippen LogP contribution in [0.2, 0.25) is 0 Å². The van der Waals surface area contributed by atoms with Crippen molar-refractivity contribution in [2.45, 2.75) is 88.9 Å². The highest BCUT2D eigenvalue weighted by atomic mass is 19.4. The van der Waals surface area contributed by atoms with Gasteiger partial charge in [-0.3, -0.25) is 9.69 Å². The Balaban J connectivity index is 1.35. The van der Waals surface area contributed by atoms with Crippen molar-refractivity contribution in [1.29, 1.82) is 0 Å². The Morgan fingerprint density at radius 2 is 1.84 bits per heavy atom. The molecule has 3 atom stereocenters. The molecule has 2 N–H and O–H groups in total. The summed E-state index contributed by atoms with van der Waals surface area (Å²) in [5, 5.41) is 10.5. The van der Waals surface area contributed by atoms with E-state index in [9.17, 15) is 26.7 Å². The summed E-state index contributed by atoms with van der Waals surface area (Å²) in [6.07, 6.45) is -0.570. The molecule has 4 heterocycles. The molecule has 0 aromatic carbocycles. The third kappa shape index (κ3) is 6.00. The van der Waals surface area contributed by atoms with Crippen LogP contribution in [-0.2, 0) is 11.2 Å². The van der Waals surface area contributed by atoms with E-state index in [2.05, 4.69) is 41.3 Å². The lowest BCUT2D eigenvalue weighted by Gasteiger charge is -2.61. The summed E-state index contributed by atoms with van der Waals surface area (Å²) in [7, 11) is 3.91. The van der Waals surface area contributed by atoms with Crippen LogP contribution in [-0.4, -0.2) is 88.3 Å². The minimum Gasteiger partial charge on any atom is -0.355 e. The number of piperazine rings is 1. The van der Waals surface area contributed by atoms with E-state index in [-0.39, 0.29) is 48.6 Å². The van der Waals surface area contributed by atoms with Crippen molar-refractivity contribution in [2.75, 3.05) is 45.2 Å². The van der Waals surface area contributed by atoms with Gasteiger partial charge in [0.15, 0.2) is 5.82 Å². The number of imidazole rings is 1. The predicted molar refractivity (Wildman–Crippen MR) is 154 cm³/mol. The number of anilines is 1. The van der Waals surface area contributed by atoms with Gasteiger partial charge in [-0.15, -0.1) is 0 Å². The molecule has 44 heavy (non-hydrogen) atoms. The van der Waals surface area contributed by atoms with Crippen molar-refractivity contribution >= 4 is 17.5 Å². The van der Waals surface area contributed by atoms with Crippen LogP contribution < -0.4 is 15.5 Å². The molecule has 0 bridgehead atoms. The van der Waals surface area contributed by atoms with Crippen LogP contribution in [0.15, 0.2) is 6.20 Å². The molecule has 4 aliphatic rings. The molecule has 2 aliphatic heterocycles. The molecule has 4 fully saturated rings. The number of hydrogen-bond acceptors (Lipinski definition) is 7. The number of carbonyl (C=O) groups excluding carboxylic acids is 1. The quantitative estimate of drug-likeness (QED) is 0.460. The molecule has 2 aliphatic carbocycles. The maximum atomic E-state index is 13.9. The van der Waals surface area contributed by atoms with Crippen LogP contribution >= 0.6 is 0 Å². The first-order valence-corrected chi connectivity index (χ1v) is 15.7. The molecule has 2 aromatic heterocycles. The zero-order chi connectivity index (χ0) is 31.7. The first-order valence-electron chi connectivity index (χ1n) is 15.7. The predicted octanol–water partition coefficient (Wildman–Crippen LogP) is 4.38. The molecule has 6 rings (SSSR count). The van der Waals surface area contributed by atoms with E-state index in [4.69, 9.17) is 15.1 Å². The number of aromatic nitrogens is 4. The zero-order valence-corrected chi connectivity index (χ0v) is 25.9. The highest BCUT2D eigenvalue weighted by Crippen LogP contribution is 2.52. The summed E-state index contributed by atoms with van der Waals surface area (Å²) in [5.41, 5.74) is 1.26. The maximum Gasteiger partial charge on any atom is 0.393 e. The van der Waals surface area contributed by atoms with Crippen LogP contribution in [0.25, 0.3) is 5.78 Å². The van der Waals surface area contributed by atoms with E-state index in [0.29, 0.717) is 48.9 Å². The summed E-state index contributed by atoms with van der Waals surface area (Å²) >= 11 is 0. The summed E-state index contributed by atoms with van der Waals surface area (Å²) in [4.78, 5) is 27.1. The minimum atomic E-state index is -4.41. The number of likely N-dealkylation sites (N-methyl/N-ethyl adjacent to an activating group) is 1. The van der Waals surface area contributed by atoms with Crippen molar-refractivity contribution < 1.29 is 26.7 Å². The van der Waals surface area contributed by atoms with E-state index in [1.165, 1.54) is 4.52 Å². The number of hydrogen-bond donors (Lipinski definition) is 2. The van der Waals surface area contributed by atoms with Crippen molar-refractivity contribution in [3.05, 3.63) is 17.6 Å². The second-order valence-electron chi connectivity index (χ2n) is 14.5. The summed E-state index contributed by atoms with van der Waals surface area (Å²) in [6.45, 7) is 6.21. The fraction of sp³-hybridized carbons (Fsp3) is 0.800. The Morgan fingerprint density at radius 3 is 2.48 bits per heavy atom. The average Bonchev–Trinajstić information content (AvgIpc) is 3.33. The third-order valence-corrected chi connectivity index (χ3v) is 10.5.